The van der Waals surface area contributed by atoms with E-state index < -0.39 is 11.6 Å². The van der Waals surface area contributed by atoms with Crippen LogP contribution in [0.15, 0.2) is 30.3 Å². The first-order valence-corrected chi connectivity index (χ1v) is 14.3. The van der Waals surface area contributed by atoms with Crippen LogP contribution in [0.5, 0.6) is 0 Å². The highest BCUT2D eigenvalue weighted by atomic mass is 32.2. The summed E-state index contributed by atoms with van der Waals surface area (Å²) in [5.74, 6) is 2.37. The average molecular weight is 502 g/mol. The quantitative estimate of drug-likeness (QED) is 0.593. The van der Waals surface area contributed by atoms with E-state index in [0.717, 1.165) is 44.1 Å². The van der Waals surface area contributed by atoms with Gasteiger partial charge in [0.25, 0.3) is 0 Å². The third-order valence-corrected chi connectivity index (χ3v) is 9.39. The monoisotopic (exact) mass is 501 g/mol. The highest BCUT2D eigenvalue weighted by Gasteiger charge is 2.45. The fourth-order valence-electron chi connectivity index (χ4n) is 5.39. The van der Waals surface area contributed by atoms with Gasteiger partial charge in [-0.1, -0.05) is 18.2 Å². The Morgan fingerprint density at radius 1 is 1.09 bits per heavy atom. The highest BCUT2D eigenvalue weighted by Crippen LogP contribution is 2.38. The molecule has 4 heterocycles. The van der Waals surface area contributed by atoms with Gasteiger partial charge in [0.15, 0.2) is 0 Å². The van der Waals surface area contributed by atoms with Crippen molar-refractivity contribution >= 4 is 45.2 Å². The topological polar surface area (TPSA) is 53.1 Å². The smallest absolute Gasteiger partial charge is 0.411 e. The molecule has 6 nitrogen and oxygen atoms in total. The lowest BCUT2D eigenvalue weighted by Gasteiger charge is -2.35. The molecule has 0 N–H and O–H groups in total. The lowest BCUT2D eigenvalue weighted by Crippen LogP contribution is -2.48. The molecule has 3 fully saturated rings. The highest BCUT2D eigenvalue weighted by molar-refractivity contribution is 7.99. The first-order chi connectivity index (χ1) is 16.3. The molecule has 0 radical (unpaired) electrons. The van der Waals surface area contributed by atoms with Crippen molar-refractivity contribution in [3.63, 3.8) is 0 Å². The van der Waals surface area contributed by atoms with Crippen LogP contribution in [0, 0.1) is 0 Å². The Morgan fingerprint density at radius 2 is 1.85 bits per heavy atom. The standard InChI is InChI=1S/C26H35N3O3S2/c1-26(2,3)32-25(31)29-16-20(15-21(29)24(30)28-12-13-33-17-28)27-10-8-18(9-11-27)23-14-19-6-4-5-7-22(19)34-23/h4-7,14,18,20-21H,8-13,15-17H2,1-3H3/t20-,21-/m0/s1. The molecule has 34 heavy (non-hydrogen) atoms. The number of carbonyl (C=O) groups is 2. The van der Waals surface area contributed by atoms with Gasteiger partial charge in [0, 0.05) is 34.5 Å². The molecule has 2 atom stereocenters. The van der Waals surface area contributed by atoms with Gasteiger partial charge in [0.05, 0.1) is 5.88 Å². The number of fused-ring (bicyclic) bond motifs is 1. The zero-order valence-electron chi connectivity index (χ0n) is 20.4. The van der Waals surface area contributed by atoms with Crippen LogP contribution in [0.1, 0.15) is 50.8 Å². The number of likely N-dealkylation sites (tertiary alicyclic amines) is 2. The lowest BCUT2D eigenvalue weighted by atomic mass is 9.93. The number of amides is 2. The van der Waals surface area contributed by atoms with Crippen molar-refractivity contribution in [1.82, 2.24) is 14.7 Å². The van der Waals surface area contributed by atoms with Crippen LogP contribution in [0.3, 0.4) is 0 Å². The number of rotatable bonds is 3. The average Bonchev–Trinajstić information content (AvgIpc) is 3.57. The maximum Gasteiger partial charge on any atom is 0.411 e. The van der Waals surface area contributed by atoms with Crippen molar-refractivity contribution in [1.29, 1.82) is 0 Å². The molecular formula is C26H35N3O3S2. The number of carbonyl (C=O) groups excluding carboxylic acids is 2. The van der Waals surface area contributed by atoms with Crippen LogP contribution >= 0.6 is 23.1 Å². The number of thioether (sulfide) groups is 1. The number of hydrogen-bond donors (Lipinski definition) is 0. The lowest BCUT2D eigenvalue weighted by molar-refractivity contribution is -0.134. The van der Waals surface area contributed by atoms with Crippen molar-refractivity contribution in [3.8, 4) is 0 Å². The van der Waals surface area contributed by atoms with Crippen LogP contribution in [0.4, 0.5) is 4.79 Å². The van der Waals surface area contributed by atoms with Crippen molar-refractivity contribution in [2.45, 2.75) is 63.6 Å². The van der Waals surface area contributed by atoms with E-state index in [1.165, 1.54) is 15.0 Å². The van der Waals surface area contributed by atoms with Crippen molar-refractivity contribution in [2.75, 3.05) is 37.8 Å². The SMILES string of the molecule is CC(C)(C)OC(=O)N1C[C@@H](N2CCC(c3cc4ccccc4s3)CC2)C[C@H]1C(=O)N1CCSC1. The largest absolute Gasteiger partial charge is 0.444 e. The third kappa shape index (κ3) is 5.09. The predicted octanol–water partition coefficient (Wildman–Crippen LogP) is 4.99. The summed E-state index contributed by atoms with van der Waals surface area (Å²) in [7, 11) is 0. The molecular weight excluding hydrogens is 466 g/mol. The fourth-order valence-corrected chi connectivity index (χ4v) is 7.58. The third-order valence-electron chi connectivity index (χ3n) is 7.15. The Bertz CT molecular complexity index is 1000. The summed E-state index contributed by atoms with van der Waals surface area (Å²) >= 11 is 3.70. The summed E-state index contributed by atoms with van der Waals surface area (Å²) in [5, 5.41) is 1.34. The number of hydrogen-bond acceptors (Lipinski definition) is 6. The van der Waals surface area contributed by atoms with Crippen LogP contribution in [0.25, 0.3) is 10.1 Å². The molecule has 0 spiro atoms. The molecule has 3 aliphatic heterocycles. The minimum atomic E-state index is -0.575. The number of ether oxygens (including phenoxy) is 1. The second kappa shape index (κ2) is 9.70. The molecule has 1 aromatic heterocycles. The summed E-state index contributed by atoms with van der Waals surface area (Å²) in [4.78, 5) is 34.0. The predicted molar refractivity (Wildman–Crippen MR) is 140 cm³/mol. The molecule has 0 saturated carbocycles. The molecule has 2 amide bonds. The number of nitrogens with zero attached hydrogens (tertiary/aromatic N) is 3. The summed E-state index contributed by atoms with van der Waals surface area (Å²) in [6.45, 7) is 8.99. The van der Waals surface area contributed by atoms with Gasteiger partial charge in [0.1, 0.15) is 11.6 Å². The minimum absolute atomic E-state index is 0.0820. The second-order valence-corrected chi connectivity index (χ2v) is 12.9. The number of benzene rings is 1. The van der Waals surface area contributed by atoms with Crippen molar-refractivity contribution in [2.24, 2.45) is 0 Å². The molecule has 0 bridgehead atoms. The second-order valence-electron chi connectivity index (χ2n) is 10.7. The van der Waals surface area contributed by atoms with E-state index in [0.29, 0.717) is 18.9 Å². The zero-order valence-corrected chi connectivity index (χ0v) is 22.0. The van der Waals surface area contributed by atoms with Crippen molar-refractivity contribution < 1.29 is 14.3 Å². The summed E-state index contributed by atoms with van der Waals surface area (Å²) in [6.07, 6.45) is 2.58. The number of piperidine rings is 1. The van der Waals surface area contributed by atoms with E-state index in [1.54, 1.807) is 16.7 Å². The van der Waals surface area contributed by atoms with E-state index in [2.05, 4.69) is 35.2 Å². The summed E-state index contributed by atoms with van der Waals surface area (Å²) < 4.78 is 7.06. The molecule has 184 valence electrons. The van der Waals surface area contributed by atoms with Gasteiger partial charge >= 0.3 is 6.09 Å². The van der Waals surface area contributed by atoms with Crippen LogP contribution in [-0.4, -0.2) is 82.2 Å². The molecule has 3 saturated heterocycles. The van der Waals surface area contributed by atoms with Gasteiger partial charge in [0.2, 0.25) is 5.91 Å². The van der Waals surface area contributed by atoms with Gasteiger partial charge in [-0.3, -0.25) is 14.6 Å². The van der Waals surface area contributed by atoms with Gasteiger partial charge in [-0.15, -0.1) is 23.1 Å². The van der Waals surface area contributed by atoms with Gasteiger partial charge in [-0.25, -0.2) is 4.79 Å². The Balaban J connectivity index is 1.26. The first-order valence-electron chi connectivity index (χ1n) is 12.4. The maximum absolute atomic E-state index is 13.3. The fraction of sp³-hybridized carbons (Fsp3) is 0.615. The first kappa shape index (κ1) is 23.9. The van der Waals surface area contributed by atoms with E-state index in [9.17, 15) is 9.59 Å². The Hall–Kier alpha value is -1.77. The molecule has 5 rings (SSSR count). The molecule has 2 aromatic rings. The summed E-state index contributed by atoms with van der Waals surface area (Å²) in [5.41, 5.74) is -0.575. The maximum atomic E-state index is 13.3. The number of thiophene rings is 1. The van der Waals surface area contributed by atoms with Gasteiger partial charge < -0.3 is 9.64 Å². The Morgan fingerprint density at radius 3 is 2.53 bits per heavy atom. The normalized spacial score (nSPS) is 24.8. The Kier molecular flexibility index (Phi) is 6.84. The van der Waals surface area contributed by atoms with Gasteiger partial charge in [-0.05, 0) is 76.6 Å². The zero-order chi connectivity index (χ0) is 23.9. The van der Waals surface area contributed by atoms with Crippen LogP contribution in [0.2, 0.25) is 0 Å². The molecule has 0 unspecified atom stereocenters. The molecule has 0 aliphatic carbocycles. The molecule has 8 heteroatoms. The minimum Gasteiger partial charge on any atom is -0.444 e. The summed E-state index contributed by atoms with van der Waals surface area (Å²) in [6, 6.07) is 10.8. The van der Waals surface area contributed by atoms with Crippen LogP contribution < -0.4 is 0 Å². The van der Waals surface area contributed by atoms with Crippen LogP contribution in [-0.2, 0) is 9.53 Å². The van der Waals surface area contributed by atoms with Gasteiger partial charge in [-0.2, -0.15) is 0 Å². The van der Waals surface area contributed by atoms with E-state index in [1.807, 2.05) is 37.0 Å². The van der Waals surface area contributed by atoms with E-state index in [4.69, 9.17) is 4.74 Å². The molecule has 3 aliphatic rings. The van der Waals surface area contributed by atoms with E-state index >= 15 is 0 Å². The Labute approximate surface area is 210 Å². The van der Waals surface area contributed by atoms with Crippen molar-refractivity contribution in [3.05, 3.63) is 35.2 Å². The van der Waals surface area contributed by atoms with E-state index in [-0.39, 0.29) is 18.0 Å². The molecule has 1 aromatic carbocycles.